The average molecular weight is 1820 g/mol. The Balaban J connectivity index is -0.0000000480. The molecule has 45 nitrogen and oxygen atoms in total. The minimum absolute atomic E-state index is 0.156. The molecule has 0 rings (SSSR count). The van der Waals surface area contributed by atoms with Crippen LogP contribution >= 0.6 is 0 Å². The van der Waals surface area contributed by atoms with Crippen LogP contribution < -0.4 is 0 Å². The smallest absolute Gasteiger partial charge is 0.330 e. The van der Waals surface area contributed by atoms with E-state index in [1.807, 2.05) is 6.92 Å². The van der Waals surface area contributed by atoms with Gasteiger partial charge in [-0.3, -0.25) is 0 Å². The summed E-state index contributed by atoms with van der Waals surface area (Å²) in [5, 5.41) is 234. The maximum atomic E-state index is 9.60. The zero-order chi connectivity index (χ0) is 106. The molecule has 728 valence electrons. The van der Waals surface area contributed by atoms with Crippen LogP contribution in [0.1, 0.15) is 109 Å². The maximum absolute atomic E-state index is 9.60. The highest BCUT2D eigenvalue weighted by atomic mass is 16.4. The molecule has 0 aromatic rings. The van der Waals surface area contributed by atoms with Gasteiger partial charge in [-0.1, -0.05) is 132 Å². The zero-order valence-corrected chi connectivity index (χ0v) is 72.9. The molecule has 0 heterocycles. The van der Waals surface area contributed by atoms with Gasteiger partial charge in [0.25, 0.3) is 0 Å². The van der Waals surface area contributed by atoms with Crippen LogP contribution in [0.2, 0.25) is 0 Å². The number of carboxylic acids is 16. The molecular weight excluding hydrogens is 1680 g/mol. The molecule has 0 spiro atoms. The van der Waals surface area contributed by atoms with Crippen LogP contribution in [0.5, 0.6) is 0 Å². The third-order valence-electron chi connectivity index (χ3n) is 9.51. The highest BCUT2D eigenvalue weighted by Gasteiger charge is 2.27. The Hall–Kier alpha value is -13.2. The Kier molecular flexibility index (Phi) is 165. The third kappa shape index (κ3) is 228. The van der Waals surface area contributed by atoms with Gasteiger partial charge in [-0.15, -0.1) is 0 Å². The summed E-state index contributed by atoms with van der Waals surface area (Å²) in [5.41, 5.74) is -1.31. The highest BCUT2D eigenvalue weighted by molar-refractivity contribution is 5.88. The van der Waals surface area contributed by atoms with Crippen LogP contribution in [0.15, 0.2) is 198 Å². The van der Waals surface area contributed by atoms with Crippen molar-refractivity contribution in [2.75, 3.05) is 85.9 Å². The fourth-order valence-corrected chi connectivity index (χ4v) is 1.31. The Morgan fingerprint density at radius 2 is 0.264 bits per heavy atom. The molecule has 0 aliphatic rings. The molecule has 0 aliphatic carbocycles. The molecule has 0 saturated carbocycles. The molecule has 0 unspecified atom stereocenters. The zero-order valence-electron chi connectivity index (χ0n) is 72.9. The molecule has 125 heavy (non-hydrogen) atoms. The number of carbonyl (C=O) groups is 16. The lowest BCUT2D eigenvalue weighted by molar-refractivity contribution is -0.133. The van der Waals surface area contributed by atoms with E-state index in [0.717, 1.165) is 55.4 Å². The monoisotopic (exact) mass is 1820 g/mol. The summed E-state index contributed by atoms with van der Waals surface area (Å²) in [6.07, 6.45) is 9.11. The summed E-state index contributed by atoms with van der Waals surface area (Å²) >= 11 is 0. The SMILES string of the molecule is C=C(C)C(=O)O.C=C(C)C(=O)O.C=C(C)C(=O)O.C=C(C)C(=O)O.C=C(C)C(=O)O.C=C(C)C(=O)O.C=C(C)C(=O)O.C=C(C)C(=O)O.C=C(C)C(=O)O.C=CC(=O)O.C=CC(=O)O.C=CC(=O)O.C=CC(=O)O.C=CC(=O)O.C=CC(=O)O.C=CC(=O)O.CCC.CCC(CO)(CO)CO.OCC(CO)(CO)CO.OCC(CO)(CO)CO.OCCCCO. The number of aliphatic carboxylic acids is 16. The fourth-order valence-electron chi connectivity index (χ4n) is 1.31. The van der Waals surface area contributed by atoms with Gasteiger partial charge in [-0.2, -0.15) is 0 Å². The van der Waals surface area contributed by atoms with Crippen LogP contribution in [-0.4, -0.2) is 329 Å². The topological polar surface area (TPSA) is 860 Å². The molecule has 0 aliphatic heterocycles. The van der Waals surface area contributed by atoms with Gasteiger partial charge in [0.05, 0.1) is 83.5 Å². The summed E-state index contributed by atoms with van der Waals surface area (Å²) in [6, 6.07) is 0. The van der Waals surface area contributed by atoms with E-state index in [0.29, 0.717) is 6.42 Å². The summed E-state index contributed by atoms with van der Waals surface area (Å²) in [6.45, 7) is 64.9. The van der Waals surface area contributed by atoms with Crippen molar-refractivity contribution in [1.29, 1.82) is 0 Å². The second-order valence-electron chi connectivity index (χ2n) is 22.0. The van der Waals surface area contributed by atoms with Crippen molar-refractivity contribution in [3.8, 4) is 0 Å². The van der Waals surface area contributed by atoms with Gasteiger partial charge in [0.15, 0.2) is 0 Å². The predicted molar refractivity (Wildman–Crippen MR) is 462 cm³/mol. The Morgan fingerprint density at radius 3 is 0.272 bits per heavy atom. The number of aliphatic hydroxyl groups is 13. The van der Waals surface area contributed by atoms with Gasteiger partial charge in [-0.25, -0.2) is 76.7 Å². The number of hydrogen-bond donors (Lipinski definition) is 29. The summed E-state index contributed by atoms with van der Waals surface area (Å²) in [5.74, 6) is -15.3. The molecule has 0 aromatic heterocycles. The Bertz CT molecular complexity index is 2420. The van der Waals surface area contributed by atoms with Gasteiger partial charge in [-0.05, 0) is 81.6 Å². The van der Waals surface area contributed by atoms with E-state index in [1.54, 1.807) is 0 Å². The lowest BCUT2D eigenvalue weighted by Gasteiger charge is -2.24. The van der Waals surface area contributed by atoms with Gasteiger partial charge < -0.3 is 148 Å². The molecule has 0 atom stereocenters. The second-order valence-corrected chi connectivity index (χ2v) is 22.0. The number of aliphatic hydroxyl groups excluding tert-OH is 13. The lowest BCUT2D eigenvalue weighted by atomic mass is 9.88. The van der Waals surface area contributed by atoms with E-state index in [9.17, 15) is 76.7 Å². The summed E-state index contributed by atoms with van der Waals surface area (Å²) in [7, 11) is 0. The Morgan fingerprint density at radius 1 is 0.200 bits per heavy atom. The van der Waals surface area contributed by atoms with Crippen LogP contribution in [0.4, 0.5) is 0 Å². The van der Waals surface area contributed by atoms with Crippen molar-refractivity contribution in [2.24, 2.45) is 16.2 Å². The van der Waals surface area contributed by atoms with Gasteiger partial charge in [0.1, 0.15) is 0 Å². The van der Waals surface area contributed by atoms with Crippen LogP contribution in [-0.2, 0) is 76.7 Å². The van der Waals surface area contributed by atoms with E-state index in [-0.39, 0.29) is 83.2 Å². The molecule has 0 radical (unpaired) electrons. The van der Waals surface area contributed by atoms with Crippen molar-refractivity contribution in [1.82, 2.24) is 0 Å². The first kappa shape index (κ1) is 167. The fraction of sp³-hybridized carbons (Fsp3) is 0.400. The van der Waals surface area contributed by atoms with Crippen LogP contribution in [0.3, 0.4) is 0 Å². The van der Waals surface area contributed by atoms with Gasteiger partial charge in [0, 0.05) is 111 Å². The van der Waals surface area contributed by atoms with E-state index in [2.05, 4.69) is 119 Å². The maximum Gasteiger partial charge on any atom is 0.330 e. The number of rotatable bonds is 31. The molecule has 0 amide bonds. The summed E-state index contributed by atoms with van der Waals surface area (Å²) < 4.78 is 0. The molecule has 0 bridgehead atoms. The number of hydrogen-bond acceptors (Lipinski definition) is 29. The number of carboxylic acid groups (broad SMARTS) is 16. The van der Waals surface area contributed by atoms with Crippen molar-refractivity contribution < 1.29 is 225 Å². The molecule has 0 saturated heterocycles. The molecule has 0 fully saturated rings. The van der Waals surface area contributed by atoms with Crippen molar-refractivity contribution in [2.45, 2.75) is 109 Å². The lowest BCUT2D eigenvalue weighted by Crippen LogP contribution is -2.37. The normalized spacial score (nSPS) is 8.20. The van der Waals surface area contributed by atoms with Crippen molar-refractivity contribution in [3.05, 3.63) is 198 Å². The third-order valence-corrected chi connectivity index (χ3v) is 9.51. The quantitative estimate of drug-likeness (QED) is 0.0344. The molecule has 29 N–H and O–H groups in total. The molecular formula is C80H138O45. The van der Waals surface area contributed by atoms with Crippen LogP contribution in [0.25, 0.3) is 0 Å². The predicted octanol–water partition coefficient (Wildman–Crippen LogP) is 4.03. The molecule has 45 heteroatoms. The summed E-state index contributed by atoms with van der Waals surface area (Å²) in [4.78, 5) is 151. The first-order chi connectivity index (χ1) is 56.7. The van der Waals surface area contributed by atoms with E-state index >= 15 is 0 Å². The van der Waals surface area contributed by atoms with Crippen molar-refractivity contribution in [3.63, 3.8) is 0 Å². The first-order valence-electron chi connectivity index (χ1n) is 33.6. The van der Waals surface area contributed by atoms with Gasteiger partial charge >= 0.3 is 95.5 Å². The molecule has 0 aromatic carbocycles. The standard InChI is InChI=1S/C6H14O3.2C5H12O4.9C4H6O2.C4H10O2.7C3H4O2.C3H8/c1-2-6(3-7,4-8)5-9;2*6-1-5(2-7,3-8)4-9;9*1-3(2)4(5)6;5-3-1-2-4-6;7*1-2-3(4)5;1-3-2/h7-9H,2-5H2,1H3;2*6-9H,1-4H2;9*1H2,2H3,(H,5,6);5-6H,1-4H2;7*2H,1H2,(H,4,5);3H2,1-2H3. The van der Waals surface area contributed by atoms with E-state index < -0.39 is 165 Å². The second kappa shape index (κ2) is 124. The van der Waals surface area contributed by atoms with Crippen LogP contribution in [0, 0.1) is 16.2 Å². The number of unbranched alkanes of at least 4 members (excludes halogenated alkanes) is 1. The highest BCUT2D eigenvalue weighted by Crippen LogP contribution is 2.18. The van der Waals surface area contributed by atoms with E-state index in [1.165, 1.54) is 68.7 Å². The Labute approximate surface area is 726 Å². The minimum atomic E-state index is -1.11. The van der Waals surface area contributed by atoms with E-state index in [4.69, 9.17) is 148 Å². The van der Waals surface area contributed by atoms with Gasteiger partial charge in [0.2, 0.25) is 0 Å². The average Bonchev–Trinajstić information content (AvgIpc) is 0.925. The largest absolute Gasteiger partial charge is 0.478 e. The first-order valence-corrected chi connectivity index (χ1v) is 33.6. The minimum Gasteiger partial charge on any atom is -0.478 e. The van der Waals surface area contributed by atoms with Crippen molar-refractivity contribution >= 4 is 95.5 Å².